The fourth-order valence-electron chi connectivity index (χ4n) is 2.67. The SMILES string of the molecule is CCOC(=O)[C@H](C)C[C@@H](NC(=O)[C@@H](NC(=O)OCc1ccccc1)C(C)C)C(N)=O. The Balaban J connectivity index is 2.70. The Morgan fingerprint density at radius 3 is 2.17 bits per heavy atom. The lowest BCUT2D eigenvalue weighted by atomic mass is 9.99. The second kappa shape index (κ2) is 12.5. The number of nitrogens with one attached hydrogen (secondary N) is 2. The van der Waals surface area contributed by atoms with Gasteiger partial charge in [-0.05, 0) is 24.8 Å². The number of hydrogen-bond donors (Lipinski definition) is 3. The topological polar surface area (TPSA) is 137 Å². The summed E-state index contributed by atoms with van der Waals surface area (Å²) in [6.07, 6.45) is -0.772. The Labute approximate surface area is 176 Å². The monoisotopic (exact) mass is 421 g/mol. The smallest absolute Gasteiger partial charge is 0.408 e. The van der Waals surface area contributed by atoms with Crippen molar-refractivity contribution in [3.63, 3.8) is 0 Å². The highest BCUT2D eigenvalue weighted by Gasteiger charge is 2.30. The number of rotatable bonds is 11. The van der Waals surface area contributed by atoms with Gasteiger partial charge in [-0.2, -0.15) is 0 Å². The van der Waals surface area contributed by atoms with Crippen LogP contribution in [0.25, 0.3) is 0 Å². The lowest BCUT2D eigenvalue weighted by molar-refractivity contribution is -0.148. The van der Waals surface area contributed by atoms with E-state index in [0.29, 0.717) is 0 Å². The molecule has 0 heterocycles. The number of carbonyl (C=O) groups is 4. The van der Waals surface area contributed by atoms with Crippen LogP contribution in [0.15, 0.2) is 30.3 Å². The first-order valence-corrected chi connectivity index (χ1v) is 9.89. The number of benzene rings is 1. The molecule has 0 radical (unpaired) electrons. The van der Waals surface area contributed by atoms with Crippen LogP contribution in [0.3, 0.4) is 0 Å². The summed E-state index contributed by atoms with van der Waals surface area (Å²) in [5.41, 5.74) is 6.18. The largest absolute Gasteiger partial charge is 0.466 e. The van der Waals surface area contributed by atoms with Crippen LogP contribution in [0, 0.1) is 11.8 Å². The molecule has 0 aliphatic heterocycles. The summed E-state index contributed by atoms with van der Waals surface area (Å²) in [4.78, 5) is 48.4. The highest BCUT2D eigenvalue weighted by atomic mass is 16.5. The van der Waals surface area contributed by atoms with Gasteiger partial charge in [0, 0.05) is 0 Å². The van der Waals surface area contributed by atoms with Gasteiger partial charge in [-0.15, -0.1) is 0 Å². The van der Waals surface area contributed by atoms with Crippen LogP contribution in [0.5, 0.6) is 0 Å². The predicted octanol–water partition coefficient (Wildman–Crippen LogP) is 1.50. The molecule has 4 N–H and O–H groups in total. The zero-order valence-electron chi connectivity index (χ0n) is 17.8. The molecule has 0 fully saturated rings. The van der Waals surface area contributed by atoms with Gasteiger partial charge in [0.2, 0.25) is 11.8 Å². The van der Waals surface area contributed by atoms with Gasteiger partial charge >= 0.3 is 12.1 Å². The van der Waals surface area contributed by atoms with Gasteiger partial charge in [0.25, 0.3) is 0 Å². The summed E-state index contributed by atoms with van der Waals surface area (Å²) >= 11 is 0. The number of alkyl carbamates (subject to hydrolysis) is 1. The summed E-state index contributed by atoms with van der Waals surface area (Å²) in [6, 6.07) is 7.07. The molecule has 0 aromatic heterocycles. The molecule has 1 aromatic rings. The molecule has 0 unspecified atom stereocenters. The number of esters is 1. The third-order valence-electron chi connectivity index (χ3n) is 4.37. The highest BCUT2D eigenvalue weighted by Crippen LogP contribution is 2.10. The zero-order valence-corrected chi connectivity index (χ0v) is 17.8. The number of hydrogen-bond acceptors (Lipinski definition) is 6. The van der Waals surface area contributed by atoms with Gasteiger partial charge in [-0.25, -0.2) is 4.79 Å². The van der Waals surface area contributed by atoms with Crippen molar-refractivity contribution in [3.8, 4) is 0 Å². The standard InChI is InChI=1S/C21H31N3O6/c1-5-29-20(27)14(4)11-16(18(22)25)23-19(26)17(13(2)3)24-21(28)30-12-15-9-7-6-8-10-15/h6-10,13-14,16-17H,5,11-12H2,1-4H3,(H2,22,25)(H,23,26)(H,24,28)/t14-,16-,17+/m1/s1. The van der Waals surface area contributed by atoms with Gasteiger partial charge in [-0.1, -0.05) is 51.1 Å². The summed E-state index contributed by atoms with van der Waals surface area (Å²) in [7, 11) is 0. The Kier molecular flexibility index (Phi) is 10.4. The van der Waals surface area contributed by atoms with Crippen molar-refractivity contribution in [1.82, 2.24) is 10.6 Å². The van der Waals surface area contributed by atoms with Gasteiger partial charge in [0.05, 0.1) is 12.5 Å². The molecule has 1 rings (SSSR count). The summed E-state index contributed by atoms with van der Waals surface area (Å²) in [5.74, 6) is -2.79. The first-order valence-electron chi connectivity index (χ1n) is 9.89. The molecule has 9 nitrogen and oxygen atoms in total. The second-order valence-corrected chi connectivity index (χ2v) is 7.28. The molecule has 1 aromatic carbocycles. The Morgan fingerprint density at radius 2 is 1.63 bits per heavy atom. The molecule has 3 amide bonds. The highest BCUT2D eigenvalue weighted by molar-refractivity contribution is 5.91. The van der Waals surface area contributed by atoms with Crippen molar-refractivity contribution < 1.29 is 28.7 Å². The van der Waals surface area contributed by atoms with E-state index in [2.05, 4.69) is 10.6 Å². The quantitative estimate of drug-likeness (QED) is 0.463. The van der Waals surface area contributed by atoms with Crippen LogP contribution in [0.1, 0.15) is 39.7 Å². The van der Waals surface area contributed by atoms with Gasteiger partial charge in [-0.3, -0.25) is 14.4 Å². The maximum Gasteiger partial charge on any atom is 0.408 e. The van der Waals surface area contributed by atoms with Crippen LogP contribution in [0.2, 0.25) is 0 Å². The van der Waals surface area contributed by atoms with Crippen molar-refractivity contribution in [1.29, 1.82) is 0 Å². The average Bonchev–Trinajstić information content (AvgIpc) is 2.70. The van der Waals surface area contributed by atoms with Crippen molar-refractivity contribution >= 4 is 23.9 Å². The normalized spacial score (nSPS) is 13.6. The molecule has 0 saturated carbocycles. The van der Waals surface area contributed by atoms with Gasteiger partial charge in [0.1, 0.15) is 18.7 Å². The maximum atomic E-state index is 12.7. The van der Waals surface area contributed by atoms with Crippen molar-refractivity contribution in [2.24, 2.45) is 17.6 Å². The Hall–Kier alpha value is -3.10. The number of carbonyl (C=O) groups excluding carboxylic acids is 4. The fourth-order valence-corrected chi connectivity index (χ4v) is 2.67. The molecular formula is C21H31N3O6. The molecule has 0 saturated heterocycles. The third-order valence-corrected chi connectivity index (χ3v) is 4.37. The minimum absolute atomic E-state index is 0.0107. The lowest BCUT2D eigenvalue weighted by Crippen LogP contribution is -2.55. The van der Waals surface area contributed by atoms with E-state index in [-0.39, 0.29) is 25.6 Å². The second-order valence-electron chi connectivity index (χ2n) is 7.28. The molecule has 0 aliphatic carbocycles. The van der Waals surface area contributed by atoms with E-state index >= 15 is 0 Å². The molecule has 166 valence electrons. The molecule has 0 aliphatic rings. The van der Waals surface area contributed by atoms with E-state index in [1.807, 2.05) is 30.3 Å². The Morgan fingerprint density at radius 1 is 1.00 bits per heavy atom. The number of amides is 3. The number of primary amides is 1. The number of ether oxygens (including phenoxy) is 2. The van der Waals surface area contributed by atoms with E-state index in [1.165, 1.54) is 0 Å². The van der Waals surface area contributed by atoms with E-state index < -0.39 is 41.9 Å². The van der Waals surface area contributed by atoms with Crippen molar-refractivity contribution in [2.45, 2.75) is 52.8 Å². The molecule has 0 bridgehead atoms. The summed E-state index contributed by atoms with van der Waals surface area (Å²) < 4.78 is 10.1. The first-order chi connectivity index (χ1) is 14.1. The van der Waals surface area contributed by atoms with Crippen LogP contribution in [0.4, 0.5) is 4.79 Å². The van der Waals surface area contributed by atoms with Crippen molar-refractivity contribution in [2.75, 3.05) is 6.61 Å². The van der Waals surface area contributed by atoms with E-state index in [9.17, 15) is 19.2 Å². The van der Waals surface area contributed by atoms with Gasteiger partial charge in [0.15, 0.2) is 0 Å². The van der Waals surface area contributed by atoms with E-state index in [4.69, 9.17) is 15.2 Å². The summed E-state index contributed by atoms with van der Waals surface area (Å²) in [5, 5.41) is 5.02. The predicted molar refractivity (Wildman–Crippen MR) is 110 cm³/mol. The molecule has 9 heteroatoms. The van der Waals surface area contributed by atoms with Crippen LogP contribution in [-0.2, 0) is 30.5 Å². The van der Waals surface area contributed by atoms with E-state index in [0.717, 1.165) is 5.56 Å². The first kappa shape index (κ1) is 24.9. The molecule has 3 atom stereocenters. The Bertz CT molecular complexity index is 723. The third kappa shape index (κ3) is 8.50. The average molecular weight is 421 g/mol. The van der Waals surface area contributed by atoms with Crippen LogP contribution >= 0.6 is 0 Å². The maximum absolute atomic E-state index is 12.7. The van der Waals surface area contributed by atoms with Crippen LogP contribution < -0.4 is 16.4 Å². The van der Waals surface area contributed by atoms with E-state index in [1.54, 1.807) is 27.7 Å². The molecule has 0 spiro atoms. The minimum atomic E-state index is -1.08. The van der Waals surface area contributed by atoms with Gasteiger partial charge < -0.3 is 25.8 Å². The number of nitrogens with two attached hydrogens (primary N) is 1. The van der Waals surface area contributed by atoms with Crippen molar-refractivity contribution in [3.05, 3.63) is 35.9 Å². The fraction of sp³-hybridized carbons (Fsp3) is 0.524. The summed E-state index contributed by atoms with van der Waals surface area (Å²) in [6.45, 7) is 7.00. The zero-order chi connectivity index (χ0) is 22.7. The lowest BCUT2D eigenvalue weighted by Gasteiger charge is -2.25. The molecular weight excluding hydrogens is 390 g/mol. The van der Waals surface area contributed by atoms with Crippen LogP contribution in [-0.4, -0.2) is 42.6 Å². The molecule has 30 heavy (non-hydrogen) atoms. The minimum Gasteiger partial charge on any atom is -0.466 e.